The van der Waals surface area contributed by atoms with Crippen LogP contribution in [-0.2, 0) is 0 Å². The largest absolute Gasteiger partial charge is 0.314 e. The topological polar surface area (TPSA) is 18.5 Å². The molecule has 4 aliphatic heterocycles. The van der Waals surface area contributed by atoms with Gasteiger partial charge in [0.15, 0.2) is 0 Å². The zero-order chi connectivity index (χ0) is 11.9. The minimum absolute atomic E-state index is 0.465. The summed E-state index contributed by atoms with van der Waals surface area (Å²) >= 11 is 0. The van der Waals surface area contributed by atoms with E-state index in [1.165, 1.54) is 58.5 Å². The van der Waals surface area contributed by atoms with E-state index in [2.05, 4.69) is 29.0 Å². The Bertz CT molecular complexity index is 273. The van der Waals surface area contributed by atoms with Gasteiger partial charge in [0.25, 0.3) is 0 Å². The molecule has 17 heavy (non-hydrogen) atoms. The van der Waals surface area contributed by atoms with Gasteiger partial charge in [-0.05, 0) is 58.7 Å². The molecule has 2 bridgehead atoms. The summed E-state index contributed by atoms with van der Waals surface area (Å²) in [6.07, 6.45) is 4.22. The number of rotatable bonds is 1. The SMILES string of the molecule is CC1CNCCN1C1(C)CCN2CCC1CC2. The Balaban J connectivity index is 1.82. The van der Waals surface area contributed by atoms with Crippen LogP contribution in [0, 0.1) is 5.92 Å². The van der Waals surface area contributed by atoms with E-state index in [9.17, 15) is 0 Å². The maximum atomic E-state index is 3.53. The van der Waals surface area contributed by atoms with Crippen molar-refractivity contribution in [2.45, 2.75) is 44.7 Å². The number of piperazine rings is 1. The van der Waals surface area contributed by atoms with E-state index in [-0.39, 0.29) is 0 Å². The molecule has 0 saturated carbocycles. The third-order valence-electron chi connectivity index (χ3n) is 5.56. The summed E-state index contributed by atoms with van der Waals surface area (Å²) in [6, 6.07) is 0.709. The Morgan fingerprint density at radius 3 is 2.59 bits per heavy atom. The maximum absolute atomic E-state index is 3.53. The number of nitrogens with zero attached hydrogens (tertiary/aromatic N) is 2. The summed E-state index contributed by atoms with van der Waals surface area (Å²) in [7, 11) is 0. The van der Waals surface area contributed by atoms with Crippen LogP contribution < -0.4 is 5.32 Å². The lowest BCUT2D eigenvalue weighted by Gasteiger charge is -2.51. The summed E-state index contributed by atoms with van der Waals surface area (Å²) < 4.78 is 0. The Hall–Kier alpha value is -0.120. The molecule has 0 aliphatic carbocycles. The van der Waals surface area contributed by atoms with E-state index < -0.39 is 0 Å². The van der Waals surface area contributed by atoms with Gasteiger partial charge in [-0.3, -0.25) is 4.90 Å². The molecular weight excluding hydrogens is 210 g/mol. The maximum Gasteiger partial charge on any atom is 0.0226 e. The molecule has 98 valence electrons. The van der Waals surface area contributed by atoms with Gasteiger partial charge in [-0.15, -0.1) is 0 Å². The van der Waals surface area contributed by atoms with Crippen molar-refractivity contribution >= 4 is 0 Å². The van der Waals surface area contributed by atoms with Crippen LogP contribution in [0.3, 0.4) is 0 Å². The van der Waals surface area contributed by atoms with Crippen LogP contribution in [0.1, 0.15) is 33.1 Å². The molecule has 0 radical (unpaired) electrons. The standard InChI is InChI=1S/C14H27N3/c1-12-11-15-6-10-17(12)14(2)5-9-16-7-3-13(14)4-8-16/h12-13,15H,3-11H2,1-2H3. The Kier molecular flexibility index (Phi) is 3.18. The summed E-state index contributed by atoms with van der Waals surface area (Å²) in [5.74, 6) is 0.932. The molecule has 3 nitrogen and oxygen atoms in total. The second kappa shape index (κ2) is 4.52. The van der Waals surface area contributed by atoms with Gasteiger partial charge in [-0.1, -0.05) is 0 Å². The molecule has 0 aromatic heterocycles. The van der Waals surface area contributed by atoms with E-state index in [1.54, 1.807) is 0 Å². The minimum atomic E-state index is 0.465. The number of piperidine rings is 1. The van der Waals surface area contributed by atoms with Crippen molar-refractivity contribution < 1.29 is 0 Å². The van der Waals surface area contributed by atoms with Gasteiger partial charge in [0, 0.05) is 31.2 Å². The first-order chi connectivity index (χ1) is 8.20. The van der Waals surface area contributed by atoms with Gasteiger partial charge >= 0.3 is 0 Å². The first-order valence-electron chi connectivity index (χ1n) is 7.40. The van der Waals surface area contributed by atoms with Crippen LogP contribution in [0.2, 0.25) is 0 Å². The molecular formula is C14H27N3. The Morgan fingerprint density at radius 1 is 1.12 bits per heavy atom. The Morgan fingerprint density at radius 2 is 1.88 bits per heavy atom. The Labute approximate surface area is 106 Å². The lowest BCUT2D eigenvalue weighted by Crippen LogP contribution is -2.62. The molecule has 1 N–H and O–H groups in total. The number of nitrogens with one attached hydrogen (secondary N) is 1. The molecule has 2 atom stereocenters. The highest BCUT2D eigenvalue weighted by molar-refractivity contribution is 5.01. The average molecular weight is 237 g/mol. The molecule has 0 spiro atoms. The van der Waals surface area contributed by atoms with Crippen molar-refractivity contribution in [1.82, 2.24) is 15.1 Å². The van der Waals surface area contributed by atoms with E-state index in [1.807, 2.05) is 0 Å². The van der Waals surface area contributed by atoms with Crippen molar-refractivity contribution in [1.29, 1.82) is 0 Å². The summed E-state index contributed by atoms with van der Waals surface area (Å²) in [6.45, 7) is 12.6. The smallest absolute Gasteiger partial charge is 0.0226 e. The fourth-order valence-corrected chi connectivity index (χ4v) is 4.35. The molecule has 2 unspecified atom stereocenters. The lowest BCUT2D eigenvalue weighted by molar-refractivity contribution is -0.00259. The van der Waals surface area contributed by atoms with Crippen molar-refractivity contribution in [2.75, 3.05) is 39.3 Å². The second-order valence-corrected chi connectivity index (χ2v) is 6.47. The average Bonchev–Trinajstić information content (AvgIpc) is 2.61. The molecule has 4 aliphatic rings. The third-order valence-corrected chi connectivity index (χ3v) is 5.56. The predicted molar refractivity (Wildman–Crippen MR) is 71.2 cm³/mol. The van der Waals surface area contributed by atoms with Crippen molar-refractivity contribution in [2.24, 2.45) is 5.92 Å². The molecule has 0 amide bonds. The summed E-state index contributed by atoms with van der Waals surface area (Å²) in [5.41, 5.74) is 0.465. The normalized spacial score (nSPS) is 48.0. The number of hydrogen-bond acceptors (Lipinski definition) is 3. The van der Waals surface area contributed by atoms with Crippen LogP contribution in [0.5, 0.6) is 0 Å². The van der Waals surface area contributed by atoms with Crippen LogP contribution >= 0.6 is 0 Å². The highest BCUT2D eigenvalue weighted by Gasteiger charge is 2.45. The van der Waals surface area contributed by atoms with Gasteiger partial charge in [0.2, 0.25) is 0 Å². The quantitative estimate of drug-likeness (QED) is 0.738. The molecule has 0 aromatic carbocycles. The summed E-state index contributed by atoms with van der Waals surface area (Å²) in [5, 5.41) is 3.53. The van der Waals surface area contributed by atoms with E-state index in [0.717, 1.165) is 5.92 Å². The number of hydrogen-bond donors (Lipinski definition) is 1. The van der Waals surface area contributed by atoms with E-state index in [0.29, 0.717) is 11.6 Å². The number of fused-ring (bicyclic) bond motifs is 4. The van der Waals surface area contributed by atoms with Gasteiger partial charge in [0.05, 0.1) is 0 Å². The molecule has 0 aromatic rings. The zero-order valence-corrected chi connectivity index (χ0v) is 11.4. The van der Waals surface area contributed by atoms with E-state index >= 15 is 0 Å². The lowest BCUT2D eigenvalue weighted by atomic mass is 9.77. The van der Waals surface area contributed by atoms with Gasteiger partial charge in [0.1, 0.15) is 0 Å². The van der Waals surface area contributed by atoms with Gasteiger partial charge in [-0.2, -0.15) is 0 Å². The fourth-order valence-electron chi connectivity index (χ4n) is 4.35. The van der Waals surface area contributed by atoms with E-state index in [4.69, 9.17) is 0 Å². The van der Waals surface area contributed by atoms with Crippen molar-refractivity contribution in [3.05, 3.63) is 0 Å². The monoisotopic (exact) mass is 237 g/mol. The zero-order valence-electron chi connectivity index (χ0n) is 11.4. The third kappa shape index (κ3) is 2.02. The van der Waals surface area contributed by atoms with Crippen LogP contribution in [0.25, 0.3) is 0 Å². The molecule has 4 fully saturated rings. The van der Waals surface area contributed by atoms with Crippen molar-refractivity contribution in [3.63, 3.8) is 0 Å². The van der Waals surface area contributed by atoms with Gasteiger partial charge < -0.3 is 10.2 Å². The molecule has 3 heteroatoms. The molecule has 4 saturated heterocycles. The first kappa shape index (κ1) is 11.9. The second-order valence-electron chi connectivity index (χ2n) is 6.47. The highest BCUT2D eigenvalue weighted by atomic mass is 15.3. The predicted octanol–water partition coefficient (Wildman–Crippen LogP) is 1.15. The highest BCUT2D eigenvalue weighted by Crippen LogP contribution is 2.40. The van der Waals surface area contributed by atoms with Crippen LogP contribution in [0.15, 0.2) is 0 Å². The summed E-state index contributed by atoms with van der Waals surface area (Å²) in [4.78, 5) is 5.50. The first-order valence-corrected chi connectivity index (χ1v) is 7.40. The fraction of sp³-hybridized carbons (Fsp3) is 1.00. The molecule has 4 heterocycles. The van der Waals surface area contributed by atoms with Crippen molar-refractivity contribution in [3.8, 4) is 0 Å². The molecule has 4 rings (SSSR count). The van der Waals surface area contributed by atoms with Gasteiger partial charge in [-0.25, -0.2) is 0 Å². The minimum Gasteiger partial charge on any atom is -0.314 e. The van der Waals surface area contributed by atoms with Crippen LogP contribution in [0.4, 0.5) is 0 Å². The van der Waals surface area contributed by atoms with Crippen LogP contribution in [-0.4, -0.2) is 60.6 Å².